The van der Waals surface area contributed by atoms with E-state index in [9.17, 15) is 9.59 Å². The summed E-state index contributed by atoms with van der Waals surface area (Å²) in [6.45, 7) is 0. The summed E-state index contributed by atoms with van der Waals surface area (Å²) in [7, 11) is 1.61. The zero-order valence-corrected chi connectivity index (χ0v) is 11.7. The van der Waals surface area contributed by atoms with Gasteiger partial charge < -0.3 is 15.2 Å². The van der Waals surface area contributed by atoms with E-state index < -0.39 is 12.0 Å². The first kappa shape index (κ1) is 15.3. The monoisotopic (exact) mass is 275 g/mol. The van der Waals surface area contributed by atoms with E-state index in [1.165, 1.54) is 0 Å². The zero-order valence-electron chi connectivity index (χ0n) is 10.9. The predicted molar refractivity (Wildman–Crippen MR) is 70.8 cm³/mol. The van der Waals surface area contributed by atoms with Crippen molar-refractivity contribution < 1.29 is 19.4 Å². The number of carboxylic acids is 1. The summed E-state index contributed by atoms with van der Waals surface area (Å²) in [5.41, 5.74) is -0.355. The first-order valence-corrected chi connectivity index (χ1v) is 7.48. The molecule has 1 atom stereocenters. The number of carbonyl (C=O) groups excluding carboxylic acids is 1. The van der Waals surface area contributed by atoms with Gasteiger partial charge in [0.25, 0.3) is 0 Å². The Kier molecular flexibility index (Phi) is 5.95. The summed E-state index contributed by atoms with van der Waals surface area (Å²) in [5.74, 6) is -0.491. The maximum Gasteiger partial charge on any atom is 0.326 e. The van der Waals surface area contributed by atoms with Gasteiger partial charge in [0.2, 0.25) is 5.91 Å². The molecular weight excluding hydrogens is 254 g/mol. The molecule has 1 aliphatic rings. The van der Waals surface area contributed by atoms with Gasteiger partial charge in [0.15, 0.2) is 0 Å². The summed E-state index contributed by atoms with van der Waals surface area (Å²) >= 11 is 1.57. The number of aliphatic carboxylic acids is 1. The average molecular weight is 275 g/mol. The van der Waals surface area contributed by atoms with Gasteiger partial charge in [-0.2, -0.15) is 11.8 Å². The normalized spacial score (nSPS) is 18.8. The third kappa shape index (κ3) is 4.17. The van der Waals surface area contributed by atoms with Crippen LogP contribution in [0.1, 0.15) is 32.1 Å². The standard InChI is InChI=1S/C12H21NO4S/c1-17-12(5-3-6-12)8-10(14)13-9(11(15)16)4-7-18-2/h9H,3-8H2,1-2H3,(H,13,14)(H,15,16)/t9-/m0/s1. The van der Waals surface area contributed by atoms with Gasteiger partial charge in [-0.05, 0) is 37.7 Å². The zero-order chi connectivity index (χ0) is 13.6. The van der Waals surface area contributed by atoms with E-state index in [-0.39, 0.29) is 17.9 Å². The number of carbonyl (C=O) groups is 2. The molecule has 1 aliphatic carbocycles. The molecule has 0 aromatic carbocycles. The minimum atomic E-state index is -0.975. The van der Waals surface area contributed by atoms with Crippen LogP contribution in [0.2, 0.25) is 0 Å². The average Bonchev–Trinajstić information content (AvgIpc) is 2.28. The van der Waals surface area contributed by atoms with Crippen LogP contribution in [0.25, 0.3) is 0 Å². The molecule has 1 saturated carbocycles. The first-order chi connectivity index (χ1) is 8.53. The van der Waals surface area contributed by atoms with Crippen molar-refractivity contribution >= 4 is 23.6 Å². The molecule has 5 nitrogen and oxygen atoms in total. The minimum absolute atomic E-state index is 0.231. The van der Waals surface area contributed by atoms with Crippen molar-refractivity contribution in [2.45, 2.75) is 43.7 Å². The number of carboxylic acid groups (broad SMARTS) is 1. The van der Waals surface area contributed by atoms with Crippen LogP contribution < -0.4 is 5.32 Å². The number of hydrogen-bond acceptors (Lipinski definition) is 4. The molecule has 0 radical (unpaired) electrons. The van der Waals surface area contributed by atoms with Crippen LogP contribution in [0.3, 0.4) is 0 Å². The van der Waals surface area contributed by atoms with Crippen LogP contribution in [0.15, 0.2) is 0 Å². The van der Waals surface area contributed by atoms with Crippen LogP contribution in [-0.2, 0) is 14.3 Å². The number of rotatable bonds is 8. The van der Waals surface area contributed by atoms with E-state index >= 15 is 0 Å². The van der Waals surface area contributed by atoms with Crippen molar-refractivity contribution in [2.75, 3.05) is 19.1 Å². The number of methoxy groups -OCH3 is 1. The quantitative estimate of drug-likeness (QED) is 0.697. The van der Waals surface area contributed by atoms with Crippen molar-refractivity contribution in [1.29, 1.82) is 0 Å². The Morgan fingerprint density at radius 3 is 2.56 bits per heavy atom. The Morgan fingerprint density at radius 2 is 2.17 bits per heavy atom. The lowest BCUT2D eigenvalue weighted by molar-refractivity contribution is -0.144. The Hall–Kier alpha value is -0.750. The highest BCUT2D eigenvalue weighted by Gasteiger charge is 2.39. The Morgan fingerprint density at radius 1 is 1.50 bits per heavy atom. The number of nitrogens with one attached hydrogen (secondary N) is 1. The molecule has 1 amide bonds. The summed E-state index contributed by atoms with van der Waals surface area (Å²) < 4.78 is 5.36. The summed E-state index contributed by atoms with van der Waals surface area (Å²) in [6.07, 6.45) is 5.43. The second-order valence-corrected chi connectivity index (χ2v) is 5.64. The summed E-state index contributed by atoms with van der Waals surface area (Å²) in [6, 6.07) is -0.793. The third-order valence-electron chi connectivity index (χ3n) is 3.42. The van der Waals surface area contributed by atoms with Crippen molar-refractivity contribution in [3.63, 3.8) is 0 Å². The molecule has 6 heteroatoms. The van der Waals surface area contributed by atoms with Gasteiger partial charge in [0, 0.05) is 7.11 Å². The van der Waals surface area contributed by atoms with Crippen LogP contribution in [0.5, 0.6) is 0 Å². The van der Waals surface area contributed by atoms with Crippen molar-refractivity contribution in [2.24, 2.45) is 0 Å². The van der Waals surface area contributed by atoms with Gasteiger partial charge in [-0.1, -0.05) is 0 Å². The van der Waals surface area contributed by atoms with Gasteiger partial charge in [0.1, 0.15) is 6.04 Å². The van der Waals surface area contributed by atoms with Crippen LogP contribution in [0, 0.1) is 0 Å². The lowest BCUT2D eigenvalue weighted by Crippen LogP contribution is -2.48. The second-order valence-electron chi connectivity index (χ2n) is 4.66. The van der Waals surface area contributed by atoms with Crippen molar-refractivity contribution in [3.05, 3.63) is 0 Å². The van der Waals surface area contributed by atoms with Crippen LogP contribution in [0.4, 0.5) is 0 Å². The van der Waals surface area contributed by atoms with E-state index in [1.54, 1.807) is 18.9 Å². The molecule has 1 fully saturated rings. The lowest BCUT2D eigenvalue weighted by atomic mass is 9.77. The molecular formula is C12H21NO4S. The van der Waals surface area contributed by atoms with Crippen LogP contribution in [-0.4, -0.2) is 47.7 Å². The molecule has 0 aromatic heterocycles. The second kappa shape index (κ2) is 6.99. The highest BCUT2D eigenvalue weighted by atomic mass is 32.2. The number of thioether (sulfide) groups is 1. The maximum absolute atomic E-state index is 11.8. The number of amides is 1. The topological polar surface area (TPSA) is 75.6 Å². The van der Waals surface area contributed by atoms with Gasteiger partial charge in [-0.15, -0.1) is 0 Å². The molecule has 0 aromatic rings. The molecule has 18 heavy (non-hydrogen) atoms. The number of hydrogen-bond donors (Lipinski definition) is 2. The first-order valence-electron chi connectivity index (χ1n) is 6.09. The smallest absolute Gasteiger partial charge is 0.326 e. The molecule has 0 unspecified atom stereocenters. The van der Waals surface area contributed by atoms with E-state index in [0.717, 1.165) is 19.3 Å². The van der Waals surface area contributed by atoms with Crippen molar-refractivity contribution in [3.8, 4) is 0 Å². The Labute approximate surface area is 112 Å². The van der Waals surface area contributed by atoms with Gasteiger partial charge in [0.05, 0.1) is 12.0 Å². The minimum Gasteiger partial charge on any atom is -0.480 e. The molecule has 0 spiro atoms. The third-order valence-corrected chi connectivity index (χ3v) is 4.07. The molecule has 104 valence electrons. The fourth-order valence-corrected chi connectivity index (χ4v) is 2.53. The SMILES string of the molecule is COC1(CC(=O)N[C@@H](CCSC)C(=O)O)CCC1. The van der Waals surface area contributed by atoms with Gasteiger partial charge in [-0.3, -0.25) is 4.79 Å². The van der Waals surface area contributed by atoms with E-state index in [4.69, 9.17) is 9.84 Å². The van der Waals surface area contributed by atoms with E-state index in [2.05, 4.69) is 5.32 Å². The van der Waals surface area contributed by atoms with Crippen LogP contribution >= 0.6 is 11.8 Å². The molecule has 0 aliphatic heterocycles. The maximum atomic E-state index is 11.8. The van der Waals surface area contributed by atoms with Crippen molar-refractivity contribution in [1.82, 2.24) is 5.32 Å². The number of ether oxygens (including phenoxy) is 1. The Balaban J connectivity index is 2.43. The summed E-state index contributed by atoms with van der Waals surface area (Å²) in [4.78, 5) is 22.8. The van der Waals surface area contributed by atoms with Gasteiger partial charge >= 0.3 is 5.97 Å². The highest BCUT2D eigenvalue weighted by Crippen LogP contribution is 2.37. The molecule has 0 saturated heterocycles. The highest BCUT2D eigenvalue weighted by molar-refractivity contribution is 7.98. The van der Waals surface area contributed by atoms with E-state index in [0.29, 0.717) is 12.2 Å². The summed E-state index contributed by atoms with van der Waals surface area (Å²) in [5, 5.41) is 11.6. The molecule has 0 bridgehead atoms. The molecule has 0 heterocycles. The lowest BCUT2D eigenvalue weighted by Gasteiger charge is -2.40. The fourth-order valence-electron chi connectivity index (χ4n) is 2.06. The molecule has 1 rings (SSSR count). The Bertz CT molecular complexity index is 299. The van der Waals surface area contributed by atoms with E-state index in [1.807, 2.05) is 6.26 Å². The fraction of sp³-hybridized carbons (Fsp3) is 0.833. The predicted octanol–water partition coefficient (Wildman–Crippen LogP) is 1.27. The largest absolute Gasteiger partial charge is 0.480 e. The molecule has 2 N–H and O–H groups in total. The van der Waals surface area contributed by atoms with Gasteiger partial charge in [-0.25, -0.2) is 4.79 Å².